The standard InChI is InChI=1S/C17H31N5/c1-17(2)12-7-19-6-11-10-5-18-4-3-13(10)22(15(11)12)14-8-20-9-21-16(14)17/h10-16,18-21H,3-9H2,1-2H3. The Morgan fingerprint density at radius 3 is 2.68 bits per heavy atom. The van der Waals surface area contributed by atoms with Crippen molar-refractivity contribution >= 4 is 0 Å². The van der Waals surface area contributed by atoms with Crippen molar-refractivity contribution in [2.75, 3.05) is 39.4 Å². The van der Waals surface area contributed by atoms with Crippen LogP contribution >= 0.6 is 0 Å². The van der Waals surface area contributed by atoms with Crippen molar-refractivity contribution in [3.8, 4) is 0 Å². The summed E-state index contributed by atoms with van der Waals surface area (Å²) < 4.78 is 0. The number of rotatable bonds is 0. The third-order valence-corrected chi connectivity index (χ3v) is 7.69. The molecule has 7 unspecified atom stereocenters. The Bertz CT molecular complexity index is 452. The van der Waals surface area contributed by atoms with Gasteiger partial charge in [0.15, 0.2) is 0 Å². The van der Waals surface area contributed by atoms with E-state index in [9.17, 15) is 0 Å². The van der Waals surface area contributed by atoms with Crippen LogP contribution in [0.15, 0.2) is 0 Å². The maximum Gasteiger partial charge on any atom is 0.0457 e. The predicted molar refractivity (Wildman–Crippen MR) is 87.6 cm³/mol. The second kappa shape index (κ2) is 4.90. The Labute approximate surface area is 134 Å². The molecular weight excluding hydrogens is 274 g/mol. The number of hydrogen-bond donors (Lipinski definition) is 4. The molecule has 0 aliphatic carbocycles. The molecule has 124 valence electrons. The van der Waals surface area contributed by atoms with E-state index in [1.807, 2.05) is 0 Å². The molecular formula is C17H31N5. The molecule has 5 aliphatic heterocycles. The zero-order chi connectivity index (χ0) is 14.9. The second-order valence-corrected chi connectivity index (χ2v) is 8.79. The quantitative estimate of drug-likeness (QED) is 0.482. The van der Waals surface area contributed by atoms with Crippen molar-refractivity contribution < 1.29 is 0 Å². The van der Waals surface area contributed by atoms with Gasteiger partial charge in [-0.2, -0.15) is 0 Å². The van der Waals surface area contributed by atoms with Crippen molar-refractivity contribution in [3.63, 3.8) is 0 Å². The van der Waals surface area contributed by atoms with E-state index in [1.54, 1.807) is 0 Å². The Kier molecular flexibility index (Phi) is 3.15. The van der Waals surface area contributed by atoms with E-state index in [0.717, 1.165) is 36.5 Å². The highest BCUT2D eigenvalue weighted by Gasteiger charge is 2.63. The van der Waals surface area contributed by atoms with E-state index in [1.165, 1.54) is 39.1 Å². The lowest BCUT2D eigenvalue weighted by Crippen LogP contribution is -2.76. The first-order valence-electron chi connectivity index (χ1n) is 9.32. The van der Waals surface area contributed by atoms with Crippen molar-refractivity contribution in [1.82, 2.24) is 26.2 Å². The summed E-state index contributed by atoms with van der Waals surface area (Å²) in [6.45, 7) is 12.1. The highest BCUT2D eigenvalue weighted by atomic mass is 15.4. The van der Waals surface area contributed by atoms with Crippen LogP contribution in [-0.4, -0.2) is 68.5 Å². The molecule has 0 saturated carbocycles. The fourth-order valence-electron chi connectivity index (χ4n) is 6.77. The molecule has 0 bridgehead atoms. The summed E-state index contributed by atoms with van der Waals surface area (Å²) in [7, 11) is 0. The minimum absolute atomic E-state index is 0.376. The van der Waals surface area contributed by atoms with E-state index < -0.39 is 0 Å². The number of nitrogens with zero attached hydrogens (tertiary/aromatic N) is 1. The minimum atomic E-state index is 0.376. The van der Waals surface area contributed by atoms with Crippen LogP contribution in [0.3, 0.4) is 0 Å². The van der Waals surface area contributed by atoms with Crippen molar-refractivity contribution in [2.45, 2.75) is 44.4 Å². The molecule has 5 fully saturated rings. The zero-order valence-corrected chi connectivity index (χ0v) is 13.9. The molecule has 0 aromatic heterocycles. The highest BCUT2D eigenvalue weighted by Crippen LogP contribution is 2.53. The Morgan fingerprint density at radius 2 is 1.77 bits per heavy atom. The third kappa shape index (κ3) is 1.72. The average Bonchev–Trinajstić information content (AvgIpc) is 2.88. The zero-order valence-electron chi connectivity index (χ0n) is 13.9. The van der Waals surface area contributed by atoms with Crippen LogP contribution in [0.4, 0.5) is 0 Å². The number of hydrogen-bond acceptors (Lipinski definition) is 5. The van der Waals surface area contributed by atoms with Gasteiger partial charge in [-0.1, -0.05) is 13.8 Å². The Morgan fingerprint density at radius 1 is 0.909 bits per heavy atom. The molecule has 5 heteroatoms. The Balaban J connectivity index is 1.59. The van der Waals surface area contributed by atoms with Gasteiger partial charge in [-0.05, 0) is 49.2 Å². The van der Waals surface area contributed by atoms with Crippen molar-refractivity contribution in [2.24, 2.45) is 23.2 Å². The van der Waals surface area contributed by atoms with Crippen LogP contribution in [0.5, 0.6) is 0 Å². The molecule has 5 aliphatic rings. The first kappa shape index (κ1) is 14.2. The van der Waals surface area contributed by atoms with Gasteiger partial charge >= 0.3 is 0 Å². The fraction of sp³-hybridized carbons (Fsp3) is 1.00. The maximum absolute atomic E-state index is 3.83. The van der Waals surface area contributed by atoms with Crippen LogP contribution in [0, 0.1) is 23.2 Å². The SMILES string of the molecule is CC1(C)C2CNCC3C4CNCCC4N(C4CNCNC41)C32. The molecule has 0 aromatic rings. The van der Waals surface area contributed by atoms with Crippen molar-refractivity contribution in [3.05, 3.63) is 0 Å². The lowest BCUT2D eigenvalue weighted by molar-refractivity contribution is -0.0910. The van der Waals surface area contributed by atoms with Crippen LogP contribution in [0.2, 0.25) is 0 Å². The van der Waals surface area contributed by atoms with E-state index in [-0.39, 0.29) is 0 Å². The van der Waals surface area contributed by atoms with Gasteiger partial charge in [0.1, 0.15) is 0 Å². The van der Waals surface area contributed by atoms with Gasteiger partial charge in [0.25, 0.3) is 0 Å². The summed E-state index contributed by atoms with van der Waals surface area (Å²) in [6, 6.07) is 2.92. The third-order valence-electron chi connectivity index (χ3n) is 7.69. The van der Waals surface area contributed by atoms with Crippen LogP contribution in [0.1, 0.15) is 20.3 Å². The number of piperidine rings is 3. The lowest BCUT2D eigenvalue weighted by atomic mass is 9.60. The fourth-order valence-corrected chi connectivity index (χ4v) is 6.77. The first-order valence-corrected chi connectivity index (χ1v) is 9.32. The minimum Gasteiger partial charge on any atom is -0.316 e. The second-order valence-electron chi connectivity index (χ2n) is 8.79. The summed E-state index contributed by atoms with van der Waals surface area (Å²) in [5.74, 6) is 2.48. The molecule has 0 aromatic carbocycles. The maximum atomic E-state index is 3.83. The monoisotopic (exact) mass is 305 g/mol. The van der Waals surface area contributed by atoms with Gasteiger partial charge in [0.2, 0.25) is 0 Å². The summed E-state index contributed by atoms with van der Waals surface area (Å²) in [5.41, 5.74) is 0.376. The molecule has 7 atom stereocenters. The smallest absolute Gasteiger partial charge is 0.0457 e. The van der Waals surface area contributed by atoms with E-state index in [0.29, 0.717) is 17.5 Å². The molecule has 5 rings (SSSR count). The van der Waals surface area contributed by atoms with Gasteiger partial charge in [-0.3, -0.25) is 10.2 Å². The van der Waals surface area contributed by atoms with E-state index in [4.69, 9.17) is 0 Å². The summed E-state index contributed by atoms with van der Waals surface area (Å²) in [5, 5.41) is 14.9. The van der Waals surface area contributed by atoms with Crippen molar-refractivity contribution in [1.29, 1.82) is 0 Å². The molecule has 5 saturated heterocycles. The molecule has 5 heterocycles. The van der Waals surface area contributed by atoms with Gasteiger partial charge in [0.05, 0.1) is 0 Å². The topological polar surface area (TPSA) is 51.4 Å². The normalized spacial score (nSPS) is 53.5. The van der Waals surface area contributed by atoms with Crippen LogP contribution in [0.25, 0.3) is 0 Å². The molecule has 0 amide bonds. The summed E-state index contributed by atoms with van der Waals surface area (Å²) >= 11 is 0. The first-order chi connectivity index (χ1) is 10.7. The molecule has 22 heavy (non-hydrogen) atoms. The Hall–Kier alpha value is -0.200. The predicted octanol–water partition coefficient (Wildman–Crippen LogP) is -0.588. The van der Waals surface area contributed by atoms with E-state index >= 15 is 0 Å². The molecule has 5 nitrogen and oxygen atoms in total. The summed E-state index contributed by atoms with van der Waals surface area (Å²) in [4.78, 5) is 3.00. The highest BCUT2D eigenvalue weighted by molar-refractivity contribution is 5.18. The van der Waals surface area contributed by atoms with Crippen LogP contribution < -0.4 is 21.3 Å². The largest absolute Gasteiger partial charge is 0.316 e. The van der Waals surface area contributed by atoms with E-state index in [2.05, 4.69) is 40.0 Å². The number of fused-ring (bicyclic) bond motifs is 5. The summed E-state index contributed by atoms with van der Waals surface area (Å²) in [6.07, 6.45) is 1.34. The molecule has 0 radical (unpaired) electrons. The average molecular weight is 305 g/mol. The lowest BCUT2D eigenvalue weighted by Gasteiger charge is -2.61. The van der Waals surface area contributed by atoms with Gasteiger partial charge < -0.3 is 16.0 Å². The number of nitrogens with one attached hydrogen (secondary N) is 4. The van der Waals surface area contributed by atoms with Gasteiger partial charge in [0, 0.05) is 43.9 Å². The molecule has 0 spiro atoms. The van der Waals surface area contributed by atoms with Crippen LogP contribution in [-0.2, 0) is 0 Å². The van der Waals surface area contributed by atoms with Gasteiger partial charge in [-0.25, -0.2) is 0 Å². The molecule has 4 N–H and O–H groups in total. The van der Waals surface area contributed by atoms with Gasteiger partial charge in [-0.15, -0.1) is 0 Å².